The predicted molar refractivity (Wildman–Crippen MR) is 104 cm³/mol. The van der Waals surface area contributed by atoms with Crippen LogP contribution in [0.5, 0.6) is 0 Å². The number of hydrogen-bond acceptors (Lipinski definition) is 6. The summed E-state index contributed by atoms with van der Waals surface area (Å²) in [5.41, 5.74) is 4.48. The Balaban J connectivity index is 1.47. The van der Waals surface area contributed by atoms with E-state index in [0.717, 1.165) is 29.9 Å². The van der Waals surface area contributed by atoms with Crippen molar-refractivity contribution in [3.05, 3.63) is 58.3 Å². The van der Waals surface area contributed by atoms with Crippen molar-refractivity contribution in [2.45, 2.75) is 6.61 Å². The quantitative estimate of drug-likeness (QED) is 0.468. The fourth-order valence-electron chi connectivity index (χ4n) is 2.76. The lowest BCUT2D eigenvalue weighted by Gasteiger charge is -2.35. The van der Waals surface area contributed by atoms with E-state index in [0.29, 0.717) is 19.7 Å². The first kappa shape index (κ1) is 18.9. The van der Waals surface area contributed by atoms with Crippen molar-refractivity contribution in [2.24, 2.45) is 0 Å². The van der Waals surface area contributed by atoms with Crippen molar-refractivity contribution < 1.29 is 19.5 Å². The molecule has 7 nitrogen and oxygen atoms in total. The molecule has 1 aromatic heterocycles. The van der Waals surface area contributed by atoms with Crippen LogP contribution in [0.4, 0.5) is 10.5 Å². The van der Waals surface area contributed by atoms with Crippen LogP contribution in [-0.4, -0.2) is 48.3 Å². The highest BCUT2D eigenvalue weighted by molar-refractivity contribution is 7.07. The highest BCUT2D eigenvalue weighted by atomic mass is 32.1. The number of rotatable bonds is 5. The Bertz CT molecular complexity index is 782. The molecule has 0 unspecified atom stereocenters. The van der Waals surface area contributed by atoms with Crippen molar-refractivity contribution in [3.63, 3.8) is 0 Å². The number of hydrogen-bond donors (Lipinski definition) is 2. The molecule has 1 fully saturated rings. The molecule has 1 aromatic carbocycles. The van der Waals surface area contributed by atoms with Gasteiger partial charge >= 0.3 is 6.09 Å². The van der Waals surface area contributed by atoms with Crippen LogP contribution in [0.1, 0.15) is 11.1 Å². The maximum Gasteiger partial charge on any atom is 0.410 e. The third-order valence-electron chi connectivity index (χ3n) is 4.28. The van der Waals surface area contributed by atoms with Crippen molar-refractivity contribution >= 4 is 35.1 Å². The van der Waals surface area contributed by atoms with Gasteiger partial charge in [-0.15, -0.1) is 0 Å². The molecular weight excluding hydrogens is 366 g/mol. The molecule has 1 aliphatic heterocycles. The van der Waals surface area contributed by atoms with Gasteiger partial charge in [-0.25, -0.2) is 10.3 Å². The van der Waals surface area contributed by atoms with Gasteiger partial charge in [0.05, 0.1) is 0 Å². The standard InChI is InChI=1S/C19H21N3O4S/c23-18(20-25)6-3-15-1-4-17(5-2-15)21-8-10-22(11-9-21)19(24)26-13-16-7-12-27-14-16/h1-7,12,14,25H,8-11,13H2,(H,20,23)/b6-3+. The first-order valence-corrected chi connectivity index (χ1v) is 9.50. The zero-order valence-electron chi connectivity index (χ0n) is 14.7. The molecule has 0 radical (unpaired) electrons. The van der Waals surface area contributed by atoms with Gasteiger partial charge in [0, 0.05) is 43.5 Å². The van der Waals surface area contributed by atoms with E-state index in [1.807, 2.05) is 41.1 Å². The molecule has 0 atom stereocenters. The SMILES string of the molecule is O=C(/C=C/c1ccc(N2CCN(C(=O)OCc3ccsc3)CC2)cc1)NO. The number of benzene rings is 1. The van der Waals surface area contributed by atoms with E-state index < -0.39 is 5.91 Å². The Labute approximate surface area is 161 Å². The van der Waals surface area contributed by atoms with Crippen LogP contribution in [0, 0.1) is 0 Å². The summed E-state index contributed by atoms with van der Waals surface area (Å²) in [5.74, 6) is -0.568. The highest BCUT2D eigenvalue weighted by Gasteiger charge is 2.22. The maximum atomic E-state index is 12.2. The molecule has 8 heteroatoms. The van der Waals surface area contributed by atoms with E-state index in [1.165, 1.54) is 6.08 Å². The predicted octanol–water partition coefficient (Wildman–Crippen LogP) is 2.73. The molecule has 1 saturated heterocycles. The van der Waals surface area contributed by atoms with E-state index in [2.05, 4.69) is 4.90 Å². The van der Waals surface area contributed by atoms with Crippen molar-refractivity contribution in [1.29, 1.82) is 0 Å². The van der Waals surface area contributed by atoms with E-state index in [-0.39, 0.29) is 6.09 Å². The summed E-state index contributed by atoms with van der Waals surface area (Å²) in [6, 6.07) is 9.70. The largest absolute Gasteiger partial charge is 0.445 e. The zero-order chi connectivity index (χ0) is 19.1. The lowest BCUT2D eigenvalue weighted by molar-refractivity contribution is -0.124. The second-order valence-electron chi connectivity index (χ2n) is 6.06. The number of amides is 2. The lowest BCUT2D eigenvalue weighted by atomic mass is 10.1. The molecule has 0 spiro atoms. The number of hydroxylamine groups is 1. The zero-order valence-corrected chi connectivity index (χ0v) is 15.5. The average Bonchev–Trinajstić information content (AvgIpc) is 3.24. The van der Waals surface area contributed by atoms with Crippen molar-refractivity contribution in [1.82, 2.24) is 10.4 Å². The molecule has 1 aliphatic rings. The van der Waals surface area contributed by atoms with Gasteiger partial charge in [0.15, 0.2) is 0 Å². The Morgan fingerprint density at radius 2 is 1.89 bits per heavy atom. The number of piperazine rings is 1. The van der Waals surface area contributed by atoms with Gasteiger partial charge < -0.3 is 14.5 Å². The molecule has 2 heterocycles. The maximum absolute atomic E-state index is 12.2. The molecule has 0 aliphatic carbocycles. The second kappa shape index (κ2) is 9.20. The van der Waals surface area contributed by atoms with Crippen LogP contribution in [0.25, 0.3) is 6.08 Å². The number of carbonyl (C=O) groups is 2. The van der Waals surface area contributed by atoms with Crippen LogP contribution >= 0.6 is 11.3 Å². The molecule has 2 N–H and O–H groups in total. The third-order valence-corrected chi connectivity index (χ3v) is 5.01. The minimum Gasteiger partial charge on any atom is -0.445 e. The number of anilines is 1. The summed E-state index contributed by atoms with van der Waals surface area (Å²) in [4.78, 5) is 27.1. The molecule has 2 aromatic rings. The minimum atomic E-state index is -0.568. The molecule has 2 amide bonds. The number of ether oxygens (including phenoxy) is 1. The van der Waals surface area contributed by atoms with Gasteiger partial charge in [0.1, 0.15) is 6.61 Å². The molecule has 142 valence electrons. The summed E-state index contributed by atoms with van der Waals surface area (Å²) in [6.07, 6.45) is 2.61. The molecule has 0 bridgehead atoms. The molecule has 3 rings (SSSR count). The van der Waals surface area contributed by atoms with E-state index >= 15 is 0 Å². The fraction of sp³-hybridized carbons (Fsp3) is 0.263. The Hall–Kier alpha value is -2.84. The Kier molecular flexibility index (Phi) is 6.45. The second-order valence-corrected chi connectivity index (χ2v) is 6.84. The number of nitrogens with one attached hydrogen (secondary N) is 1. The van der Waals surface area contributed by atoms with Gasteiger partial charge in [0.2, 0.25) is 0 Å². The average molecular weight is 387 g/mol. The van der Waals surface area contributed by atoms with Crippen LogP contribution < -0.4 is 10.4 Å². The lowest BCUT2D eigenvalue weighted by Crippen LogP contribution is -2.48. The number of nitrogens with zero attached hydrogens (tertiary/aromatic N) is 2. The van der Waals surface area contributed by atoms with Gasteiger partial charge in [0.25, 0.3) is 5.91 Å². The van der Waals surface area contributed by atoms with Gasteiger partial charge in [-0.3, -0.25) is 10.0 Å². The van der Waals surface area contributed by atoms with Gasteiger partial charge in [-0.2, -0.15) is 11.3 Å². The van der Waals surface area contributed by atoms with Crippen LogP contribution in [0.15, 0.2) is 47.2 Å². The normalized spacial score (nSPS) is 14.4. The van der Waals surface area contributed by atoms with E-state index in [4.69, 9.17) is 9.94 Å². The van der Waals surface area contributed by atoms with Crippen molar-refractivity contribution in [3.8, 4) is 0 Å². The first-order chi connectivity index (χ1) is 13.2. The number of carbonyl (C=O) groups excluding carboxylic acids is 2. The smallest absolute Gasteiger partial charge is 0.410 e. The Morgan fingerprint density at radius 3 is 2.52 bits per heavy atom. The fourth-order valence-corrected chi connectivity index (χ4v) is 3.42. The summed E-state index contributed by atoms with van der Waals surface area (Å²) in [7, 11) is 0. The van der Waals surface area contributed by atoms with E-state index in [9.17, 15) is 9.59 Å². The highest BCUT2D eigenvalue weighted by Crippen LogP contribution is 2.18. The molecule has 0 saturated carbocycles. The monoisotopic (exact) mass is 387 g/mol. The molecular formula is C19H21N3O4S. The van der Waals surface area contributed by atoms with Crippen LogP contribution in [-0.2, 0) is 16.1 Å². The third kappa shape index (κ3) is 5.32. The summed E-state index contributed by atoms with van der Waals surface area (Å²) >= 11 is 1.58. The minimum absolute atomic E-state index is 0.275. The number of thiophene rings is 1. The van der Waals surface area contributed by atoms with Crippen molar-refractivity contribution in [2.75, 3.05) is 31.1 Å². The summed E-state index contributed by atoms with van der Waals surface area (Å²) in [6.45, 7) is 3.00. The van der Waals surface area contributed by atoms with Crippen LogP contribution in [0.2, 0.25) is 0 Å². The van der Waals surface area contributed by atoms with Gasteiger partial charge in [-0.05, 0) is 40.6 Å². The Morgan fingerprint density at radius 1 is 1.15 bits per heavy atom. The van der Waals surface area contributed by atoms with Gasteiger partial charge in [-0.1, -0.05) is 12.1 Å². The first-order valence-electron chi connectivity index (χ1n) is 8.55. The molecule has 27 heavy (non-hydrogen) atoms. The summed E-state index contributed by atoms with van der Waals surface area (Å²) < 4.78 is 5.36. The van der Waals surface area contributed by atoms with E-state index in [1.54, 1.807) is 27.8 Å². The van der Waals surface area contributed by atoms with Crippen LogP contribution in [0.3, 0.4) is 0 Å². The topological polar surface area (TPSA) is 82.1 Å². The summed E-state index contributed by atoms with van der Waals surface area (Å²) in [5, 5.41) is 12.4.